The summed E-state index contributed by atoms with van der Waals surface area (Å²) in [6.45, 7) is 5.06. The fourth-order valence-electron chi connectivity index (χ4n) is 3.03. The first-order valence-corrected chi connectivity index (χ1v) is 7.93. The van der Waals surface area contributed by atoms with Crippen molar-refractivity contribution < 1.29 is 9.59 Å². The number of carbonyl (C=O) groups is 2. The van der Waals surface area contributed by atoms with Crippen LogP contribution in [-0.4, -0.2) is 48.4 Å². The van der Waals surface area contributed by atoms with E-state index in [1.807, 2.05) is 11.8 Å². The first kappa shape index (κ1) is 15.3. The molecule has 0 bridgehead atoms. The zero-order valence-corrected chi connectivity index (χ0v) is 12.5. The molecule has 20 heavy (non-hydrogen) atoms. The van der Waals surface area contributed by atoms with Crippen LogP contribution in [0.4, 0.5) is 0 Å². The molecule has 2 fully saturated rings. The second-order valence-corrected chi connectivity index (χ2v) is 6.16. The van der Waals surface area contributed by atoms with Crippen LogP contribution in [0.2, 0.25) is 0 Å². The Bertz CT molecular complexity index is 345. The van der Waals surface area contributed by atoms with Crippen molar-refractivity contribution in [3.05, 3.63) is 0 Å². The second kappa shape index (κ2) is 7.07. The summed E-state index contributed by atoms with van der Waals surface area (Å²) in [6, 6.07) is 0. The van der Waals surface area contributed by atoms with E-state index >= 15 is 0 Å². The van der Waals surface area contributed by atoms with E-state index in [1.54, 1.807) is 0 Å². The molecule has 0 aromatic carbocycles. The third-order valence-electron chi connectivity index (χ3n) is 4.45. The summed E-state index contributed by atoms with van der Waals surface area (Å²) in [5.41, 5.74) is -0.452. The number of amides is 2. The highest BCUT2D eigenvalue weighted by Crippen LogP contribution is 2.18. The molecule has 2 aliphatic heterocycles. The van der Waals surface area contributed by atoms with Gasteiger partial charge in [-0.15, -0.1) is 0 Å². The largest absolute Gasteiger partial charge is 0.354 e. The SMILES string of the molecule is CC1(C(=O)NCCC(=O)N2CCCCC2)CCCCN1. The fourth-order valence-corrected chi connectivity index (χ4v) is 3.03. The Morgan fingerprint density at radius 2 is 1.90 bits per heavy atom. The molecule has 1 unspecified atom stereocenters. The van der Waals surface area contributed by atoms with Crippen LogP contribution in [0.1, 0.15) is 51.9 Å². The van der Waals surface area contributed by atoms with Crippen LogP contribution < -0.4 is 10.6 Å². The maximum atomic E-state index is 12.2. The lowest BCUT2D eigenvalue weighted by Gasteiger charge is -2.33. The van der Waals surface area contributed by atoms with Gasteiger partial charge in [0.05, 0.1) is 5.54 Å². The van der Waals surface area contributed by atoms with E-state index in [1.165, 1.54) is 6.42 Å². The average Bonchev–Trinajstić information content (AvgIpc) is 2.48. The number of piperidine rings is 2. The summed E-state index contributed by atoms with van der Waals surface area (Å²) in [4.78, 5) is 26.1. The second-order valence-electron chi connectivity index (χ2n) is 6.16. The molecule has 2 amide bonds. The molecule has 2 saturated heterocycles. The molecule has 2 N–H and O–H groups in total. The van der Waals surface area contributed by atoms with Crippen molar-refractivity contribution in [1.82, 2.24) is 15.5 Å². The van der Waals surface area contributed by atoms with Crippen molar-refractivity contribution in [2.45, 2.75) is 57.4 Å². The summed E-state index contributed by atoms with van der Waals surface area (Å²) < 4.78 is 0. The maximum absolute atomic E-state index is 12.2. The van der Waals surface area contributed by atoms with Crippen molar-refractivity contribution in [2.24, 2.45) is 0 Å². The predicted molar refractivity (Wildman–Crippen MR) is 78.3 cm³/mol. The lowest BCUT2D eigenvalue weighted by Crippen LogP contribution is -2.57. The molecular formula is C15H27N3O2. The minimum atomic E-state index is -0.452. The Hall–Kier alpha value is -1.10. The third kappa shape index (κ3) is 3.95. The maximum Gasteiger partial charge on any atom is 0.240 e. The smallest absolute Gasteiger partial charge is 0.240 e. The highest BCUT2D eigenvalue weighted by molar-refractivity contribution is 5.86. The fraction of sp³-hybridized carbons (Fsp3) is 0.867. The van der Waals surface area contributed by atoms with Gasteiger partial charge in [-0.25, -0.2) is 0 Å². The number of rotatable bonds is 4. The molecule has 0 aliphatic carbocycles. The number of nitrogens with one attached hydrogen (secondary N) is 2. The van der Waals surface area contributed by atoms with Gasteiger partial charge in [-0.3, -0.25) is 9.59 Å². The van der Waals surface area contributed by atoms with Crippen LogP contribution in [0.15, 0.2) is 0 Å². The van der Waals surface area contributed by atoms with E-state index in [9.17, 15) is 9.59 Å². The van der Waals surface area contributed by atoms with Gasteiger partial charge >= 0.3 is 0 Å². The van der Waals surface area contributed by atoms with Crippen LogP contribution in [0.5, 0.6) is 0 Å². The number of likely N-dealkylation sites (tertiary alicyclic amines) is 1. The molecule has 0 aromatic heterocycles. The molecule has 0 radical (unpaired) electrons. The molecule has 2 heterocycles. The van der Waals surface area contributed by atoms with Crippen molar-refractivity contribution in [3.63, 3.8) is 0 Å². The molecule has 5 nitrogen and oxygen atoms in total. The van der Waals surface area contributed by atoms with E-state index < -0.39 is 5.54 Å². The van der Waals surface area contributed by atoms with Crippen LogP contribution in [0.3, 0.4) is 0 Å². The summed E-state index contributed by atoms with van der Waals surface area (Å²) in [7, 11) is 0. The highest BCUT2D eigenvalue weighted by atomic mass is 16.2. The average molecular weight is 281 g/mol. The number of nitrogens with zero attached hydrogens (tertiary/aromatic N) is 1. The van der Waals surface area contributed by atoms with E-state index in [0.717, 1.165) is 51.7 Å². The van der Waals surface area contributed by atoms with Gasteiger partial charge in [-0.2, -0.15) is 0 Å². The zero-order chi connectivity index (χ0) is 14.4. The van der Waals surface area contributed by atoms with Gasteiger partial charge in [-0.05, 0) is 52.0 Å². The molecule has 114 valence electrons. The summed E-state index contributed by atoms with van der Waals surface area (Å²) in [5, 5.41) is 6.20. The lowest BCUT2D eigenvalue weighted by molar-refractivity contribution is -0.132. The van der Waals surface area contributed by atoms with Crippen molar-refractivity contribution in [3.8, 4) is 0 Å². The summed E-state index contributed by atoms with van der Waals surface area (Å²) in [6.07, 6.45) is 6.96. The third-order valence-corrected chi connectivity index (χ3v) is 4.45. The van der Waals surface area contributed by atoms with E-state index in [4.69, 9.17) is 0 Å². The zero-order valence-electron chi connectivity index (χ0n) is 12.5. The molecule has 0 spiro atoms. The van der Waals surface area contributed by atoms with Gasteiger partial charge in [0.25, 0.3) is 0 Å². The summed E-state index contributed by atoms with van der Waals surface area (Å²) >= 11 is 0. The minimum absolute atomic E-state index is 0.0312. The van der Waals surface area contributed by atoms with Gasteiger partial charge in [0, 0.05) is 26.1 Å². The molecule has 2 aliphatic rings. The van der Waals surface area contributed by atoms with Gasteiger partial charge in [-0.1, -0.05) is 0 Å². The summed E-state index contributed by atoms with van der Waals surface area (Å²) in [5.74, 6) is 0.204. The van der Waals surface area contributed by atoms with E-state index in [0.29, 0.717) is 13.0 Å². The first-order chi connectivity index (χ1) is 9.62. The predicted octanol–water partition coefficient (Wildman–Crippen LogP) is 1.04. The Morgan fingerprint density at radius 1 is 1.15 bits per heavy atom. The van der Waals surface area contributed by atoms with Crippen LogP contribution >= 0.6 is 0 Å². The quantitative estimate of drug-likeness (QED) is 0.809. The highest BCUT2D eigenvalue weighted by Gasteiger charge is 2.33. The molecular weight excluding hydrogens is 254 g/mol. The minimum Gasteiger partial charge on any atom is -0.354 e. The normalized spacial score (nSPS) is 27.1. The Labute approximate surface area is 121 Å². The number of hydrogen-bond donors (Lipinski definition) is 2. The Balaban J connectivity index is 1.69. The molecule has 1 atom stereocenters. The number of carbonyl (C=O) groups excluding carboxylic acids is 2. The van der Waals surface area contributed by atoms with Crippen LogP contribution in [0.25, 0.3) is 0 Å². The van der Waals surface area contributed by atoms with Gasteiger partial charge < -0.3 is 15.5 Å². The number of hydrogen-bond acceptors (Lipinski definition) is 3. The molecule has 0 saturated carbocycles. The van der Waals surface area contributed by atoms with E-state index in [2.05, 4.69) is 10.6 Å². The van der Waals surface area contributed by atoms with Crippen LogP contribution in [0, 0.1) is 0 Å². The first-order valence-electron chi connectivity index (χ1n) is 7.93. The monoisotopic (exact) mass is 281 g/mol. The van der Waals surface area contributed by atoms with E-state index in [-0.39, 0.29) is 11.8 Å². The van der Waals surface area contributed by atoms with Gasteiger partial charge in [0.2, 0.25) is 11.8 Å². The van der Waals surface area contributed by atoms with Gasteiger partial charge in [0.1, 0.15) is 0 Å². The van der Waals surface area contributed by atoms with Crippen molar-refractivity contribution in [2.75, 3.05) is 26.2 Å². The van der Waals surface area contributed by atoms with Gasteiger partial charge in [0.15, 0.2) is 0 Å². The Kier molecular flexibility index (Phi) is 5.40. The Morgan fingerprint density at radius 3 is 2.55 bits per heavy atom. The topological polar surface area (TPSA) is 61.4 Å². The van der Waals surface area contributed by atoms with Crippen molar-refractivity contribution in [1.29, 1.82) is 0 Å². The molecule has 2 rings (SSSR count). The molecule has 0 aromatic rings. The van der Waals surface area contributed by atoms with Crippen LogP contribution in [-0.2, 0) is 9.59 Å². The van der Waals surface area contributed by atoms with Crippen molar-refractivity contribution >= 4 is 11.8 Å². The molecule has 5 heteroatoms. The lowest BCUT2D eigenvalue weighted by atomic mass is 9.90. The standard InChI is InChI=1S/C15H27N3O2/c1-15(8-3-4-9-17-15)14(20)16-10-7-13(19)18-11-5-2-6-12-18/h17H,2-12H2,1H3,(H,16,20).